The average Bonchev–Trinajstić information content (AvgIpc) is 2.86. The van der Waals surface area contributed by atoms with Crippen LogP contribution in [0, 0.1) is 0 Å². The van der Waals surface area contributed by atoms with Gasteiger partial charge in [0.25, 0.3) is 5.91 Å². The summed E-state index contributed by atoms with van der Waals surface area (Å²) in [6, 6.07) is 32.9. The summed E-state index contributed by atoms with van der Waals surface area (Å²) in [4.78, 5) is 12.7. The molecule has 4 aromatic rings. The number of ether oxygens (including phenoxy) is 2. The van der Waals surface area contributed by atoms with Crippen LogP contribution in [0.1, 0.15) is 21.5 Å². The maximum absolute atomic E-state index is 12.7. The Morgan fingerprint density at radius 3 is 2.09 bits per heavy atom. The van der Waals surface area contributed by atoms with E-state index >= 15 is 0 Å². The van der Waals surface area contributed by atoms with Crippen LogP contribution in [0.2, 0.25) is 0 Å². The van der Waals surface area contributed by atoms with E-state index in [0.29, 0.717) is 30.2 Å². The molecule has 4 rings (SSSR count). The van der Waals surface area contributed by atoms with Crippen LogP contribution >= 0.6 is 15.9 Å². The van der Waals surface area contributed by atoms with Crippen LogP contribution < -0.4 is 14.8 Å². The Bertz CT molecular complexity index is 1180. The van der Waals surface area contributed by atoms with Gasteiger partial charge in [0.05, 0.1) is 11.1 Å². The second-order valence-corrected chi connectivity index (χ2v) is 8.34. The Balaban J connectivity index is 1.29. The third kappa shape index (κ3) is 6.70. The van der Waals surface area contributed by atoms with Crippen molar-refractivity contribution in [2.75, 3.05) is 11.9 Å². The predicted octanol–water partition coefficient (Wildman–Crippen LogP) is 6.90. The molecule has 0 aliphatic heterocycles. The van der Waals surface area contributed by atoms with Gasteiger partial charge in [0.1, 0.15) is 18.1 Å². The lowest BCUT2D eigenvalue weighted by Crippen LogP contribution is -2.12. The number of halogens is 1. The number of hydrogen-bond donors (Lipinski definition) is 1. The summed E-state index contributed by atoms with van der Waals surface area (Å²) < 4.78 is 12.4. The number of amides is 1. The number of carbonyl (C=O) groups excluding carboxylic acids is 1. The van der Waals surface area contributed by atoms with Gasteiger partial charge < -0.3 is 14.8 Å². The smallest absolute Gasteiger partial charge is 0.255 e. The topological polar surface area (TPSA) is 47.6 Å². The van der Waals surface area contributed by atoms with E-state index in [9.17, 15) is 4.79 Å². The number of carbonyl (C=O) groups is 1. The van der Waals surface area contributed by atoms with Gasteiger partial charge in [-0.1, -0.05) is 60.7 Å². The maximum atomic E-state index is 12.7. The standard InChI is InChI=1S/C28H24BrNO3/c29-26-19-23(11-16-27(26)32-18-17-21-7-3-1-4-8-21)28(31)30-24-12-14-25(15-13-24)33-20-22-9-5-2-6-10-22/h1-16,19H,17-18,20H2,(H,30,31). The molecule has 0 saturated carbocycles. The van der Waals surface area contributed by atoms with Crippen molar-refractivity contribution >= 4 is 27.5 Å². The fourth-order valence-electron chi connectivity index (χ4n) is 3.26. The summed E-state index contributed by atoms with van der Waals surface area (Å²) in [5, 5.41) is 2.91. The summed E-state index contributed by atoms with van der Waals surface area (Å²) in [5.41, 5.74) is 3.57. The number of anilines is 1. The normalized spacial score (nSPS) is 10.5. The van der Waals surface area contributed by atoms with Crippen LogP contribution in [0.3, 0.4) is 0 Å². The third-order valence-corrected chi connectivity index (χ3v) is 5.67. The Morgan fingerprint density at radius 1 is 0.758 bits per heavy atom. The van der Waals surface area contributed by atoms with Crippen LogP contribution in [0.25, 0.3) is 0 Å². The van der Waals surface area contributed by atoms with E-state index in [1.54, 1.807) is 12.1 Å². The minimum atomic E-state index is -0.190. The summed E-state index contributed by atoms with van der Waals surface area (Å²) in [5.74, 6) is 1.27. The van der Waals surface area contributed by atoms with Crippen molar-refractivity contribution < 1.29 is 14.3 Å². The van der Waals surface area contributed by atoms with Crippen LogP contribution in [-0.4, -0.2) is 12.5 Å². The van der Waals surface area contributed by atoms with Gasteiger partial charge in [-0.25, -0.2) is 0 Å². The quantitative estimate of drug-likeness (QED) is 0.271. The van der Waals surface area contributed by atoms with E-state index in [2.05, 4.69) is 33.4 Å². The first-order chi connectivity index (χ1) is 16.2. The fourth-order valence-corrected chi connectivity index (χ4v) is 3.75. The van der Waals surface area contributed by atoms with Gasteiger partial charge in [-0.3, -0.25) is 4.79 Å². The summed E-state index contributed by atoms with van der Waals surface area (Å²) in [7, 11) is 0. The fraction of sp³-hybridized carbons (Fsp3) is 0.107. The lowest BCUT2D eigenvalue weighted by Gasteiger charge is -2.11. The molecular formula is C28H24BrNO3. The monoisotopic (exact) mass is 501 g/mol. The van der Waals surface area contributed by atoms with Crippen molar-refractivity contribution in [2.45, 2.75) is 13.0 Å². The Hall–Kier alpha value is -3.57. The molecular weight excluding hydrogens is 478 g/mol. The Kier molecular flexibility index (Phi) is 7.77. The van der Waals surface area contributed by atoms with Crippen molar-refractivity contribution in [3.05, 3.63) is 124 Å². The van der Waals surface area contributed by atoms with Crippen molar-refractivity contribution in [1.29, 1.82) is 0 Å². The average molecular weight is 502 g/mol. The van der Waals surface area contributed by atoms with Gasteiger partial charge >= 0.3 is 0 Å². The van der Waals surface area contributed by atoms with Gasteiger partial charge in [0.15, 0.2) is 0 Å². The van der Waals surface area contributed by atoms with E-state index in [0.717, 1.165) is 22.2 Å². The van der Waals surface area contributed by atoms with Crippen molar-refractivity contribution in [1.82, 2.24) is 0 Å². The summed E-state index contributed by atoms with van der Waals surface area (Å²) >= 11 is 3.51. The molecule has 0 bridgehead atoms. The molecule has 4 aromatic carbocycles. The molecule has 0 unspecified atom stereocenters. The highest BCUT2D eigenvalue weighted by Gasteiger charge is 2.10. The Morgan fingerprint density at radius 2 is 1.42 bits per heavy atom. The zero-order valence-corrected chi connectivity index (χ0v) is 19.6. The van der Waals surface area contributed by atoms with Gasteiger partial charge in [-0.05, 0) is 69.5 Å². The first-order valence-electron chi connectivity index (χ1n) is 10.7. The highest BCUT2D eigenvalue weighted by molar-refractivity contribution is 9.10. The molecule has 0 radical (unpaired) electrons. The van der Waals surface area contributed by atoms with Gasteiger partial charge in [-0.15, -0.1) is 0 Å². The number of rotatable bonds is 9. The molecule has 0 heterocycles. The molecule has 4 nitrogen and oxygen atoms in total. The predicted molar refractivity (Wildman–Crippen MR) is 135 cm³/mol. The molecule has 0 atom stereocenters. The van der Waals surface area contributed by atoms with Crippen molar-refractivity contribution in [3.63, 3.8) is 0 Å². The lowest BCUT2D eigenvalue weighted by atomic mass is 10.1. The van der Waals surface area contributed by atoms with Crippen molar-refractivity contribution in [2.24, 2.45) is 0 Å². The molecule has 0 fully saturated rings. The van der Waals surface area contributed by atoms with Gasteiger partial charge in [0.2, 0.25) is 0 Å². The first-order valence-corrected chi connectivity index (χ1v) is 11.5. The van der Waals surface area contributed by atoms with E-state index in [1.165, 1.54) is 5.56 Å². The molecule has 0 saturated heterocycles. The van der Waals surface area contributed by atoms with Crippen LogP contribution in [0.15, 0.2) is 108 Å². The summed E-state index contributed by atoms with van der Waals surface area (Å²) in [6.45, 7) is 1.06. The molecule has 1 amide bonds. The van der Waals surface area contributed by atoms with E-state index < -0.39 is 0 Å². The molecule has 0 spiro atoms. The van der Waals surface area contributed by atoms with Gasteiger partial charge in [0, 0.05) is 17.7 Å². The molecule has 0 aliphatic rings. The van der Waals surface area contributed by atoms with Gasteiger partial charge in [-0.2, -0.15) is 0 Å². The lowest BCUT2D eigenvalue weighted by molar-refractivity contribution is 0.102. The van der Waals surface area contributed by atoms with Crippen LogP contribution in [0.5, 0.6) is 11.5 Å². The zero-order chi connectivity index (χ0) is 22.9. The molecule has 1 N–H and O–H groups in total. The number of nitrogens with one attached hydrogen (secondary N) is 1. The molecule has 0 aromatic heterocycles. The minimum absolute atomic E-state index is 0.190. The maximum Gasteiger partial charge on any atom is 0.255 e. The zero-order valence-electron chi connectivity index (χ0n) is 18.0. The highest BCUT2D eigenvalue weighted by atomic mass is 79.9. The SMILES string of the molecule is O=C(Nc1ccc(OCc2ccccc2)cc1)c1ccc(OCCc2ccccc2)c(Br)c1. The first kappa shape index (κ1) is 22.6. The highest BCUT2D eigenvalue weighted by Crippen LogP contribution is 2.27. The van der Waals surface area contributed by atoms with E-state index in [1.807, 2.05) is 78.9 Å². The molecule has 33 heavy (non-hydrogen) atoms. The number of hydrogen-bond acceptors (Lipinski definition) is 3. The Labute approximate surface area is 202 Å². The second kappa shape index (κ2) is 11.3. The molecule has 0 aliphatic carbocycles. The van der Waals surface area contributed by atoms with E-state index in [4.69, 9.17) is 9.47 Å². The van der Waals surface area contributed by atoms with E-state index in [-0.39, 0.29) is 5.91 Å². The summed E-state index contributed by atoms with van der Waals surface area (Å²) in [6.07, 6.45) is 0.820. The van der Waals surface area contributed by atoms with Crippen LogP contribution in [-0.2, 0) is 13.0 Å². The molecule has 5 heteroatoms. The second-order valence-electron chi connectivity index (χ2n) is 7.48. The minimum Gasteiger partial charge on any atom is -0.492 e. The van der Waals surface area contributed by atoms with Crippen LogP contribution in [0.4, 0.5) is 5.69 Å². The third-order valence-electron chi connectivity index (χ3n) is 5.05. The molecule has 166 valence electrons. The van der Waals surface area contributed by atoms with Crippen molar-refractivity contribution in [3.8, 4) is 11.5 Å². The number of benzene rings is 4. The largest absolute Gasteiger partial charge is 0.492 e.